The van der Waals surface area contributed by atoms with Gasteiger partial charge in [-0.1, -0.05) is 25.1 Å². The van der Waals surface area contributed by atoms with Gasteiger partial charge in [-0.15, -0.1) is 0 Å². The number of fused-ring (bicyclic) bond motifs is 1. The predicted molar refractivity (Wildman–Crippen MR) is 60.8 cm³/mol. The number of nitrogens with two attached hydrogens (primary N) is 1. The zero-order chi connectivity index (χ0) is 11.0. The number of hydrogen-bond acceptors (Lipinski definition) is 2. The first-order valence-corrected chi connectivity index (χ1v) is 5.23. The van der Waals surface area contributed by atoms with E-state index in [4.69, 9.17) is 5.73 Å². The molecular weight excluding hydrogens is 188 g/mol. The van der Waals surface area contributed by atoms with Gasteiger partial charge in [0.25, 0.3) is 0 Å². The summed E-state index contributed by atoms with van der Waals surface area (Å²) in [5, 5.41) is 0. The Balaban J connectivity index is 2.47. The maximum atomic E-state index is 12.0. The van der Waals surface area contributed by atoms with E-state index >= 15 is 0 Å². The normalized spacial score (nSPS) is 21.7. The summed E-state index contributed by atoms with van der Waals surface area (Å²) >= 11 is 0. The fourth-order valence-electron chi connectivity index (χ4n) is 2.20. The minimum absolute atomic E-state index is 0.0591. The highest BCUT2D eigenvalue weighted by Gasteiger charge is 2.37. The molecule has 1 aromatic carbocycles. The van der Waals surface area contributed by atoms with Crippen LogP contribution in [-0.4, -0.2) is 19.5 Å². The summed E-state index contributed by atoms with van der Waals surface area (Å²) < 4.78 is 0. The second-order valence-electron chi connectivity index (χ2n) is 4.15. The van der Waals surface area contributed by atoms with Crippen LogP contribution in [0.3, 0.4) is 0 Å². The number of para-hydroxylation sites is 1. The van der Waals surface area contributed by atoms with E-state index < -0.39 is 0 Å². The van der Waals surface area contributed by atoms with Crippen molar-refractivity contribution in [3.05, 3.63) is 29.8 Å². The SMILES string of the molecule is C[C@H](CN)[C@@H]1C(=O)N(C)c2ccccc21. The monoisotopic (exact) mass is 204 g/mol. The molecule has 1 aliphatic rings. The molecule has 1 amide bonds. The van der Waals surface area contributed by atoms with Gasteiger partial charge < -0.3 is 10.6 Å². The van der Waals surface area contributed by atoms with Crippen molar-refractivity contribution in [2.75, 3.05) is 18.5 Å². The number of nitrogens with zero attached hydrogens (tertiary/aromatic N) is 1. The Kier molecular flexibility index (Phi) is 2.49. The molecule has 0 unspecified atom stereocenters. The minimum atomic E-state index is -0.0591. The average molecular weight is 204 g/mol. The van der Waals surface area contributed by atoms with Gasteiger partial charge in [0.2, 0.25) is 5.91 Å². The van der Waals surface area contributed by atoms with Crippen molar-refractivity contribution in [3.8, 4) is 0 Å². The molecule has 3 nitrogen and oxygen atoms in total. The first kappa shape index (κ1) is 10.2. The maximum Gasteiger partial charge on any atom is 0.234 e. The Morgan fingerprint density at radius 1 is 1.47 bits per heavy atom. The molecule has 0 bridgehead atoms. The van der Waals surface area contributed by atoms with Gasteiger partial charge in [-0.3, -0.25) is 4.79 Å². The number of hydrogen-bond donors (Lipinski definition) is 1. The highest BCUT2D eigenvalue weighted by molar-refractivity contribution is 6.04. The fourth-order valence-corrected chi connectivity index (χ4v) is 2.20. The third-order valence-electron chi connectivity index (χ3n) is 3.17. The molecule has 3 heteroatoms. The molecule has 2 atom stereocenters. The molecule has 2 N–H and O–H groups in total. The lowest BCUT2D eigenvalue weighted by molar-refractivity contribution is -0.119. The van der Waals surface area contributed by atoms with Crippen LogP contribution in [0.4, 0.5) is 5.69 Å². The molecule has 15 heavy (non-hydrogen) atoms. The van der Waals surface area contributed by atoms with Crippen molar-refractivity contribution in [3.63, 3.8) is 0 Å². The molecule has 80 valence electrons. The molecular formula is C12H16N2O. The van der Waals surface area contributed by atoms with Crippen molar-refractivity contribution < 1.29 is 4.79 Å². The molecule has 0 aromatic heterocycles. The van der Waals surface area contributed by atoms with E-state index in [2.05, 4.69) is 0 Å². The smallest absolute Gasteiger partial charge is 0.234 e. The first-order valence-electron chi connectivity index (χ1n) is 5.23. The topological polar surface area (TPSA) is 46.3 Å². The van der Waals surface area contributed by atoms with Crippen LogP contribution in [0.15, 0.2) is 24.3 Å². The van der Waals surface area contributed by atoms with Crippen molar-refractivity contribution in [1.82, 2.24) is 0 Å². The van der Waals surface area contributed by atoms with E-state index in [1.165, 1.54) is 0 Å². The van der Waals surface area contributed by atoms with Gasteiger partial charge in [-0.05, 0) is 24.1 Å². The van der Waals surface area contributed by atoms with E-state index in [9.17, 15) is 4.79 Å². The summed E-state index contributed by atoms with van der Waals surface area (Å²) in [5.74, 6) is 0.300. The molecule has 0 spiro atoms. The summed E-state index contributed by atoms with van der Waals surface area (Å²) in [7, 11) is 1.82. The van der Waals surface area contributed by atoms with Crippen LogP contribution in [-0.2, 0) is 4.79 Å². The number of anilines is 1. The summed E-state index contributed by atoms with van der Waals surface area (Å²) in [6.45, 7) is 2.57. The number of carbonyl (C=O) groups excluding carboxylic acids is 1. The summed E-state index contributed by atoms with van der Waals surface area (Å²) in [6, 6.07) is 7.93. The highest BCUT2D eigenvalue weighted by Crippen LogP contribution is 2.39. The molecule has 0 aliphatic carbocycles. The number of amides is 1. The van der Waals surface area contributed by atoms with E-state index in [0.717, 1.165) is 11.3 Å². The van der Waals surface area contributed by atoms with Gasteiger partial charge in [-0.25, -0.2) is 0 Å². The van der Waals surface area contributed by atoms with Gasteiger partial charge >= 0.3 is 0 Å². The van der Waals surface area contributed by atoms with Crippen LogP contribution < -0.4 is 10.6 Å². The van der Waals surface area contributed by atoms with Gasteiger partial charge in [0.1, 0.15) is 0 Å². The van der Waals surface area contributed by atoms with Gasteiger partial charge in [0, 0.05) is 12.7 Å². The second-order valence-corrected chi connectivity index (χ2v) is 4.15. The van der Waals surface area contributed by atoms with E-state index in [0.29, 0.717) is 6.54 Å². The Bertz CT molecular complexity index is 389. The van der Waals surface area contributed by atoms with Gasteiger partial charge in [0.05, 0.1) is 5.92 Å². The largest absolute Gasteiger partial charge is 0.330 e. The van der Waals surface area contributed by atoms with Crippen LogP contribution in [0.1, 0.15) is 18.4 Å². The highest BCUT2D eigenvalue weighted by atomic mass is 16.2. The number of rotatable bonds is 2. The summed E-state index contributed by atoms with van der Waals surface area (Å²) in [5.41, 5.74) is 7.78. The van der Waals surface area contributed by atoms with Crippen molar-refractivity contribution in [2.45, 2.75) is 12.8 Å². The first-order chi connectivity index (χ1) is 7.16. The Labute approximate surface area is 89.9 Å². The van der Waals surface area contributed by atoms with Crippen LogP contribution in [0.5, 0.6) is 0 Å². The van der Waals surface area contributed by atoms with Crippen molar-refractivity contribution in [2.24, 2.45) is 11.7 Å². The second kappa shape index (κ2) is 3.66. The maximum absolute atomic E-state index is 12.0. The minimum Gasteiger partial charge on any atom is -0.330 e. The molecule has 0 saturated carbocycles. The molecule has 1 aromatic rings. The standard InChI is InChI=1S/C12H16N2O/c1-8(7-13)11-9-5-3-4-6-10(9)14(2)12(11)15/h3-6,8,11H,7,13H2,1-2H3/t8-,11+/m1/s1. The molecule has 1 aliphatic heterocycles. The number of carbonyl (C=O) groups is 1. The zero-order valence-electron chi connectivity index (χ0n) is 9.10. The predicted octanol–water partition coefficient (Wildman–Crippen LogP) is 1.34. The van der Waals surface area contributed by atoms with Crippen LogP contribution in [0.25, 0.3) is 0 Å². The third-order valence-corrected chi connectivity index (χ3v) is 3.17. The quantitative estimate of drug-likeness (QED) is 0.790. The lowest BCUT2D eigenvalue weighted by Crippen LogP contribution is -2.29. The van der Waals surface area contributed by atoms with Crippen LogP contribution in [0.2, 0.25) is 0 Å². The zero-order valence-corrected chi connectivity index (χ0v) is 9.10. The fraction of sp³-hybridized carbons (Fsp3) is 0.417. The van der Waals surface area contributed by atoms with Crippen LogP contribution in [0, 0.1) is 5.92 Å². The molecule has 0 fully saturated rings. The van der Waals surface area contributed by atoms with Crippen LogP contribution >= 0.6 is 0 Å². The Hall–Kier alpha value is -1.35. The Morgan fingerprint density at radius 2 is 2.13 bits per heavy atom. The van der Waals surface area contributed by atoms with Gasteiger partial charge in [-0.2, -0.15) is 0 Å². The molecule has 0 radical (unpaired) electrons. The van der Waals surface area contributed by atoms with E-state index in [1.807, 2.05) is 38.2 Å². The van der Waals surface area contributed by atoms with Gasteiger partial charge in [0.15, 0.2) is 0 Å². The lowest BCUT2D eigenvalue weighted by atomic mass is 9.88. The lowest BCUT2D eigenvalue weighted by Gasteiger charge is -2.16. The Morgan fingerprint density at radius 3 is 2.80 bits per heavy atom. The van der Waals surface area contributed by atoms with E-state index in [-0.39, 0.29) is 17.7 Å². The molecule has 2 rings (SSSR count). The number of benzene rings is 1. The van der Waals surface area contributed by atoms with Crippen molar-refractivity contribution in [1.29, 1.82) is 0 Å². The van der Waals surface area contributed by atoms with E-state index in [1.54, 1.807) is 4.90 Å². The molecule has 0 saturated heterocycles. The van der Waals surface area contributed by atoms with Crippen molar-refractivity contribution >= 4 is 11.6 Å². The molecule has 1 heterocycles. The summed E-state index contributed by atoms with van der Waals surface area (Å²) in [6.07, 6.45) is 0. The number of likely N-dealkylation sites (N-methyl/N-ethyl adjacent to an activating group) is 1. The average Bonchev–Trinajstić information content (AvgIpc) is 2.52. The third kappa shape index (κ3) is 1.43. The summed E-state index contributed by atoms with van der Waals surface area (Å²) in [4.78, 5) is 13.8.